The minimum Gasteiger partial charge on any atom is -0.491 e. The van der Waals surface area contributed by atoms with Crippen LogP contribution in [0.15, 0.2) is 54.7 Å². The van der Waals surface area contributed by atoms with Gasteiger partial charge in [-0.05, 0) is 37.8 Å². The summed E-state index contributed by atoms with van der Waals surface area (Å²) in [5.41, 5.74) is 1.99. The number of benzene rings is 2. The molecule has 0 saturated heterocycles. The number of fused-ring (bicyclic) bond motifs is 1. The van der Waals surface area contributed by atoms with Gasteiger partial charge in [0, 0.05) is 11.6 Å². The number of carbonyl (C=O) groups is 1. The molecule has 0 bridgehead atoms. The van der Waals surface area contributed by atoms with Gasteiger partial charge in [0.1, 0.15) is 35.5 Å². The van der Waals surface area contributed by atoms with Crippen molar-refractivity contribution in [1.29, 1.82) is 0 Å². The van der Waals surface area contributed by atoms with E-state index >= 15 is 0 Å². The van der Waals surface area contributed by atoms with Gasteiger partial charge in [0.25, 0.3) is 0 Å². The number of nitrogens with zero attached hydrogens (tertiary/aromatic N) is 3. The third kappa shape index (κ3) is 4.39. The van der Waals surface area contributed by atoms with Gasteiger partial charge in [-0.3, -0.25) is 4.79 Å². The van der Waals surface area contributed by atoms with Crippen LogP contribution in [0.25, 0.3) is 11.3 Å². The summed E-state index contributed by atoms with van der Waals surface area (Å²) in [6, 6.07) is 15.1. The number of hydrogen-bond donors (Lipinski definition) is 1. The molecule has 1 saturated carbocycles. The first-order chi connectivity index (χ1) is 15.6. The lowest BCUT2D eigenvalue weighted by atomic mass is 9.78. The Labute approximate surface area is 187 Å². The van der Waals surface area contributed by atoms with E-state index in [-0.39, 0.29) is 24.5 Å². The third-order valence-electron chi connectivity index (χ3n) is 6.28. The molecule has 1 fully saturated rings. The SMILES string of the molecule is O=C1CC2(CCCCC2)Oc2cc(OC[C@H](O)Cn3cc(-c4ccccc4)nn3)ccc21. The largest absolute Gasteiger partial charge is 0.491 e. The van der Waals surface area contributed by atoms with Gasteiger partial charge in [-0.15, -0.1) is 5.10 Å². The van der Waals surface area contributed by atoms with Crippen molar-refractivity contribution in [3.63, 3.8) is 0 Å². The first-order valence-corrected chi connectivity index (χ1v) is 11.2. The lowest BCUT2D eigenvalue weighted by Gasteiger charge is -2.40. The van der Waals surface area contributed by atoms with Crippen LogP contribution in [0, 0.1) is 0 Å². The molecule has 1 atom stereocenters. The standard InChI is InChI=1S/C25H27N3O4/c29-19(15-28-16-22(26-27-28)18-7-3-1-4-8-18)17-31-20-9-10-21-23(30)14-25(32-24(21)13-20)11-5-2-6-12-25/h1,3-4,7-10,13,16,19,29H,2,5-6,11-12,14-15,17H2/t19-/m1/s1. The molecule has 0 amide bonds. The second-order valence-electron chi connectivity index (χ2n) is 8.76. The normalized spacial score (nSPS) is 18.1. The van der Waals surface area contributed by atoms with Gasteiger partial charge in [0.15, 0.2) is 5.78 Å². The fourth-order valence-corrected chi connectivity index (χ4v) is 4.63. The number of hydrogen-bond acceptors (Lipinski definition) is 6. The van der Waals surface area contributed by atoms with E-state index in [9.17, 15) is 9.90 Å². The topological polar surface area (TPSA) is 86.5 Å². The first kappa shape index (κ1) is 20.7. The summed E-state index contributed by atoms with van der Waals surface area (Å²) in [6.07, 6.45) is 6.74. The van der Waals surface area contributed by atoms with Crippen LogP contribution in [0.2, 0.25) is 0 Å². The number of rotatable bonds is 6. The molecule has 1 aliphatic heterocycles. The van der Waals surface area contributed by atoms with Crippen molar-refractivity contribution >= 4 is 5.78 Å². The van der Waals surface area contributed by atoms with Crippen molar-refractivity contribution in [2.75, 3.05) is 6.61 Å². The molecule has 1 aromatic heterocycles. The van der Waals surface area contributed by atoms with Crippen molar-refractivity contribution in [2.24, 2.45) is 0 Å². The molecule has 0 radical (unpaired) electrons. The van der Waals surface area contributed by atoms with Crippen LogP contribution in [0.4, 0.5) is 0 Å². The Balaban J connectivity index is 1.21. The molecule has 7 heteroatoms. The van der Waals surface area contributed by atoms with E-state index in [1.54, 1.807) is 29.1 Å². The van der Waals surface area contributed by atoms with Gasteiger partial charge < -0.3 is 14.6 Å². The van der Waals surface area contributed by atoms with Crippen molar-refractivity contribution in [3.8, 4) is 22.8 Å². The van der Waals surface area contributed by atoms with E-state index in [4.69, 9.17) is 9.47 Å². The molecule has 5 rings (SSSR count). The van der Waals surface area contributed by atoms with Gasteiger partial charge in [-0.25, -0.2) is 4.68 Å². The minimum atomic E-state index is -0.761. The Bertz CT molecular complexity index is 1090. The Morgan fingerprint density at radius 3 is 2.75 bits per heavy atom. The molecular weight excluding hydrogens is 406 g/mol. The summed E-state index contributed by atoms with van der Waals surface area (Å²) in [4.78, 5) is 12.7. The maximum absolute atomic E-state index is 12.7. The second-order valence-corrected chi connectivity index (χ2v) is 8.76. The molecule has 166 valence electrons. The smallest absolute Gasteiger partial charge is 0.170 e. The van der Waals surface area contributed by atoms with E-state index in [2.05, 4.69) is 10.3 Å². The van der Waals surface area contributed by atoms with Crippen LogP contribution in [0.1, 0.15) is 48.9 Å². The third-order valence-corrected chi connectivity index (χ3v) is 6.28. The molecule has 0 unspecified atom stereocenters. The predicted molar refractivity (Wildman–Crippen MR) is 119 cm³/mol. The average Bonchev–Trinajstić information content (AvgIpc) is 3.27. The maximum Gasteiger partial charge on any atom is 0.170 e. The quantitative estimate of drug-likeness (QED) is 0.631. The zero-order valence-corrected chi connectivity index (χ0v) is 17.9. The number of aromatic nitrogens is 3. The molecule has 1 N–H and O–H groups in total. The van der Waals surface area contributed by atoms with Gasteiger partial charge in [-0.2, -0.15) is 0 Å². The van der Waals surface area contributed by atoms with E-state index in [0.717, 1.165) is 36.9 Å². The number of Topliss-reactive ketones (excluding diaryl/α,β-unsaturated/α-hetero) is 1. The monoisotopic (exact) mass is 433 g/mol. The van der Waals surface area contributed by atoms with E-state index in [0.29, 0.717) is 23.5 Å². The van der Waals surface area contributed by atoms with Crippen LogP contribution < -0.4 is 9.47 Å². The van der Waals surface area contributed by atoms with Crippen molar-refractivity contribution in [1.82, 2.24) is 15.0 Å². The molecule has 2 aromatic carbocycles. The fourth-order valence-electron chi connectivity index (χ4n) is 4.63. The molecule has 1 spiro atoms. The molecular formula is C25H27N3O4. The van der Waals surface area contributed by atoms with Crippen LogP contribution in [0.5, 0.6) is 11.5 Å². The van der Waals surface area contributed by atoms with Crippen LogP contribution in [-0.2, 0) is 6.54 Å². The lowest BCUT2D eigenvalue weighted by Crippen LogP contribution is -2.43. The molecule has 1 aliphatic carbocycles. The van der Waals surface area contributed by atoms with Crippen molar-refractivity contribution in [2.45, 2.75) is 56.8 Å². The van der Waals surface area contributed by atoms with Crippen LogP contribution >= 0.6 is 0 Å². The van der Waals surface area contributed by atoms with Gasteiger partial charge in [-0.1, -0.05) is 42.0 Å². The summed E-state index contributed by atoms with van der Waals surface area (Å²) in [5, 5.41) is 18.7. The molecule has 2 aliphatic rings. The zero-order valence-electron chi connectivity index (χ0n) is 17.9. The van der Waals surface area contributed by atoms with Gasteiger partial charge in [0.05, 0.1) is 24.7 Å². The van der Waals surface area contributed by atoms with Crippen molar-refractivity contribution < 1.29 is 19.4 Å². The Morgan fingerprint density at radius 2 is 1.94 bits per heavy atom. The number of carbonyl (C=O) groups excluding carboxylic acids is 1. The predicted octanol–water partition coefficient (Wildman–Crippen LogP) is 4.05. The second kappa shape index (κ2) is 8.74. The average molecular weight is 434 g/mol. The lowest BCUT2D eigenvalue weighted by molar-refractivity contribution is 0.0132. The molecule has 32 heavy (non-hydrogen) atoms. The number of aliphatic hydroxyl groups is 1. The first-order valence-electron chi connectivity index (χ1n) is 11.2. The molecule has 3 aromatic rings. The molecule has 2 heterocycles. The van der Waals surface area contributed by atoms with Crippen LogP contribution in [0.3, 0.4) is 0 Å². The Morgan fingerprint density at radius 1 is 1.12 bits per heavy atom. The number of aliphatic hydroxyl groups excluding tert-OH is 1. The van der Waals surface area contributed by atoms with E-state index in [1.807, 2.05) is 30.3 Å². The van der Waals surface area contributed by atoms with Gasteiger partial charge in [0.2, 0.25) is 0 Å². The summed E-state index contributed by atoms with van der Waals surface area (Å²) in [7, 11) is 0. The summed E-state index contributed by atoms with van der Waals surface area (Å²) >= 11 is 0. The highest BCUT2D eigenvalue weighted by atomic mass is 16.5. The van der Waals surface area contributed by atoms with E-state index in [1.165, 1.54) is 6.42 Å². The Hall–Kier alpha value is -3.19. The number of ether oxygens (including phenoxy) is 2. The van der Waals surface area contributed by atoms with Crippen LogP contribution in [-0.4, -0.2) is 44.2 Å². The fraction of sp³-hybridized carbons (Fsp3) is 0.400. The minimum absolute atomic E-state index is 0.0956. The molecule has 7 nitrogen and oxygen atoms in total. The highest BCUT2D eigenvalue weighted by molar-refractivity contribution is 6.00. The maximum atomic E-state index is 12.7. The van der Waals surface area contributed by atoms with Gasteiger partial charge >= 0.3 is 0 Å². The highest BCUT2D eigenvalue weighted by Crippen LogP contribution is 2.42. The van der Waals surface area contributed by atoms with Crippen molar-refractivity contribution in [3.05, 3.63) is 60.3 Å². The van der Waals surface area contributed by atoms with E-state index < -0.39 is 6.10 Å². The summed E-state index contributed by atoms with van der Waals surface area (Å²) in [6.45, 7) is 0.362. The Kier molecular flexibility index (Phi) is 5.66. The summed E-state index contributed by atoms with van der Waals surface area (Å²) in [5.74, 6) is 1.31. The zero-order chi connectivity index (χ0) is 22.0. The summed E-state index contributed by atoms with van der Waals surface area (Å²) < 4.78 is 13.7. The highest BCUT2D eigenvalue weighted by Gasteiger charge is 2.41. The number of ketones is 1.